The average molecular weight is 403 g/mol. The molecule has 0 radical (unpaired) electrons. The molecule has 3 rings (SSSR count). The van der Waals surface area contributed by atoms with Crippen LogP contribution in [0.3, 0.4) is 0 Å². The van der Waals surface area contributed by atoms with Crippen LogP contribution in [0.5, 0.6) is 0 Å². The van der Waals surface area contributed by atoms with Crippen LogP contribution >= 0.6 is 11.3 Å². The molecule has 3 aromatic rings. The lowest BCUT2D eigenvalue weighted by Gasteiger charge is -2.10. The molecule has 2 N–H and O–H groups in total. The summed E-state index contributed by atoms with van der Waals surface area (Å²) in [5.74, 6) is -0.299. The van der Waals surface area contributed by atoms with Crippen molar-refractivity contribution in [2.75, 3.05) is 11.0 Å². The number of aryl methyl sites for hydroxylation is 1. The Morgan fingerprint density at radius 1 is 1.19 bits per heavy atom. The minimum Gasteiger partial charge on any atom is -0.346 e. The van der Waals surface area contributed by atoms with Gasteiger partial charge in [-0.25, -0.2) is 13.4 Å². The minimum absolute atomic E-state index is 0.289. The molecule has 7 nitrogen and oxygen atoms in total. The van der Waals surface area contributed by atoms with E-state index < -0.39 is 10.0 Å². The highest BCUT2D eigenvalue weighted by molar-refractivity contribution is 7.92. The van der Waals surface area contributed by atoms with Gasteiger partial charge >= 0.3 is 0 Å². The van der Waals surface area contributed by atoms with Crippen LogP contribution in [-0.2, 0) is 16.6 Å². The number of amides is 1. The standard InChI is InChI=1S/C18H18N4O3S2/c1-12-3-4-14(9-15(12)22-27(2,24)25)18(23)20-10-17-21-16(11-26-17)13-5-7-19-8-6-13/h3-9,11,22H,10H2,1-2H3,(H,20,23). The number of carbonyl (C=O) groups is 1. The summed E-state index contributed by atoms with van der Waals surface area (Å²) in [5.41, 5.74) is 3.30. The number of nitrogens with zero attached hydrogens (tertiary/aromatic N) is 2. The van der Waals surface area contributed by atoms with Crippen molar-refractivity contribution in [2.24, 2.45) is 0 Å². The number of nitrogens with one attached hydrogen (secondary N) is 2. The number of thiazole rings is 1. The zero-order chi connectivity index (χ0) is 19.4. The normalized spacial score (nSPS) is 11.2. The monoisotopic (exact) mass is 402 g/mol. The molecular formula is C18H18N4O3S2. The van der Waals surface area contributed by atoms with Gasteiger partial charge in [0.15, 0.2) is 0 Å². The van der Waals surface area contributed by atoms with E-state index in [2.05, 4.69) is 20.0 Å². The molecule has 0 saturated carbocycles. The Kier molecular flexibility index (Phi) is 5.52. The van der Waals surface area contributed by atoms with Crippen molar-refractivity contribution in [1.82, 2.24) is 15.3 Å². The molecule has 27 heavy (non-hydrogen) atoms. The van der Waals surface area contributed by atoms with Crippen LogP contribution in [0.4, 0.5) is 5.69 Å². The number of hydrogen-bond acceptors (Lipinski definition) is 6. The summed E-state index contributed by atoms with van der Waals surface area (Å²) in [6.45, 7) is 2.06. The molecule has 9 heteroatoms. The van der Waals surface area contributed by atoms with Gasteiger partial charge in [-0.3, -0.25) is 14.5 Å². The first-order valence-electron chi connectivity index (χ1n) is 8.03. The van der Waals surface area contributed by atoms with E-state index in [1.165, 1.54) is 17.4 Å². The smallest absolute Gasteiger partial charge is 0.251 e. The first-order chi connectivity index (χ1) is 12.8. The number of aromatic nitrogens is 2. The molecule has 2 heterocycles. The predicted molar refractivity (Wildman–Crippen MR) is 106 cm³/mol. The van der Waals surface area contributed by atoms with Crippen LogP contribution in [-0.4, -0.2) is 30.5 Å². The third-order valence-corrected chi connectivity index (χ3v) is 5.16. The fraction of sp³-hybridized carbons (Fsp3) is 0.167. The maximum atomic E-state index is 12.4. The fourth-order valence-corrected chi connectivity index (χ4v) is 3.74. The molecule has 0 spiro atoms. The van der Waals surface area contributed by atoms with Crippen LogP contribution in [0.2, 0.25) is 0 Å². The van der Waals surface area contributed by atoms with E-state index in [-0.39, 0.29) is 12.5 Å². The van der Waals surface area contributed by atoms with Gasteiger partial charge in [-0.2, -0.15) is 0 Å². The Morgan fingerprint density at radius 2 is 1.93 bits per heavy atom. The van der Waals surface area contributed by atoms with Crippen LogP contribution < -0.4 is 10.0 Å². The average Bonchev–Trinajstić information content (AvgIpc) is 3.10. The van der Waals surface area contributed by atoms with Crippen molar-refractivity contribution in [2.45, 2.75) is 13.5 Å². The van der Waals surface area contributed by atoms with E-state index in [0.29, 0.717) is 11.3 Å². The zero-order valence-electron chi connectivity index (χ0n) is 14.8. The molecule has 0 aliphatic rings. The topological polar surface area (TPSA) is 101 Å². The van der Waals surface area contributed by atoms with Gasteiger partial charge in [0.2, 0.25) is 10.0 Å². The van der Waals surface area contributed by atoms with Crippen LogP contribution in [0.25, 0.3) is 11.3 Å². The van der Waals surface area contributed by atoms with Crippen molar-refractivity contribution in [3.8, 4) is 11.3 Å². The third-order valence-electron chi connectivity index (χ3n) is 3.72. The minimum atomic E-state index is -3.42. The van der Waals surface area contributed by atoms with Crippen molar-refractivity contribution >= 4 is 33.0 Å². The van der Waals surface area contributed by atoms with E-state index in [0.717, 1.165) is 28.1 Å². The van der Waals surface area contributed by atoms with E-state index in [1.807, 2.05) is 17.5 Å². The van der Waals surface area contributed by atoms with Crippen molar-refractivity contribution in [3.63, 3.8) is 0 Å². The molecular weight excluding hydrogens is 384 g/mol. The third kappa shape index (κ3) is 5.11. The van der Waals surface area contributed by atoms with Gasteiger partial charge < -0.3 is 5.32 Å². The number of rotatable bonds is 6. The van der Waals surface area contributed by atoms with Crippen LogP contribution in [0, 0.1) is 6.92 Å². The number of anilines is 1. The Bertz CT molecular complexity index is 1060. The molecule has 0 aliphatic heterocycles. The highest BCUT2D eigenvalue weighted by atomic mass is 32.2. The molecule has 0 saturated heterocycles. The quantitative estimate of drug-likeness (QED) is 0.660. The lowest BCUT2D eigenvalue weighted by Crippen LogP contribution is -2.23. The Morgan fingerprint density at radius 3 is 2.63 bits per heavy atom. The summed E-state index contributed by atoms with van der Waals surface area (Å²) in [5, 5.41) is 5.51. The molecule has 1 amide bonds. The lowest BCUT2D eigenvalue weighted by molar-refractivity contribution is 0.0951. The second kappa shape index (κ2) is 7.85. The maximum Gasteiger partial charge on any atom is 0.251 e. The Balaban J connectivity index is 1.68. The molecule has 0 fully saturated rings. The Hall–Kier alpha value is -2.78. The molecule has 140 valence electrons. The highest BCUT2D eigenvalue weighted by Gasteiger charge is 2.12. The van der Waals surface area contributed by atoms with Gasteiger partial charge in [-0.1, -0.05) is 6.07 Å². The lowest BCUT2D eigenvalue weighted by atomic mass is 10.1. The fourth-order valence-electron chi connectivity index (χ4n) is 2.38. The summed E-state index contributed by atoms with van der Waals surface area (Å²) >= 11 is 1.46. The summed E-state index contributed by atoms with van der Waals surface area (Å²) < 4.78 is 25.3. The number of pyridine rings is 1. The van der Waals surface area contributed by atoms with Gasteiger partial charge in [-0.05, 0) is 36.8 Å². The van der Waals surface area contributed by atoms with E-state index in [1.54, 1.807) is 31.5 Å². The first-order valence-corrected chi connectivity index (χ1v) is 10.8. The maximum absolute atomic E-state index is 12.4. The van der Waals surface area contributed by atoms with Gasteiger partial charge in [0, 0.05) is 28.9 Å². The van der Waals surface area contributed by atoms with Crippen molar-refractivity contribution in [3.05, 3.63) is 64.2 Å². The second-order valence-electron chi connectivity index (χ2n) is 5.95. The SMILES string of the molecule is Cc1ccc(C(=O)NCc2nc(-c3ccncc3)cs2)cc1NS(C)(=O)=O. The van der Waals surface area contributed by atoms with Crippen LogP contribution in [0.15, 0.2) is 48.1 Å². The number of carbonyl (C=O) groups excluding carboxylic acids is 1. The summed E-state index contributed by atoms with van der Waals surface area (Å²) in [7, 11) is -3.42. The van der Waals surface area contributed by atoms with Crippen molar-refractivity contribution < 1.29 is 13.2 Å². The first kappa shape index (κ1) is 19.0. The van der Waals surface area contributed by atoms with Gasteiger partial charge in [0.1, 0.15) is 5.01 Å². The Labute approximate surface area is 161 Å². The molecule has 0 bridgehead atoms. The largest absolute Gasteiger partial charge is 0.346 e. The van der Waals surface area contributed by atoms with Crippen molar-refractivity contribution in [1.29, 1.82) is 0 Å². The van der Waals surface area contributed by atoms with Gasteiger partial charge in [-0.15, -0.1) is 11.3 Å². The van der Waals surface area contributed by atoms with Crippen LogP contribution in [0.1, 0.15) is 20.9 Å². The molecule has 0 unspecified atom stereocenters. The van der Waals surface area contributed by atoms with E-state index >= 15 is 0 Å². The molecule has 1 aromatic carbocycles. The molecule has 0 aliphatic carbocycles. The molecule has 0 atom stereocenters. The number of benzene rings is 1. The van der Waals surface area contributed by atoms with E-state index in [9.17, 15) is 13.2 Å². The zero-order valence-corrected chi connectivity index (χ0v) is 16.4. The summed E-state index contributed by atoms with van der Waals surface area (Å²) in [6, 6.07) is 8.63. The molecule has 2 aromatic heterocycles. The number of sulfonamides is 1. The van der Waals surface area contributed by atoms with Gasteiger partial charge in [0.25, 0.3) is 5.91 Å². The predicted octanol–water partition coefficient (Wildman–Crippen LogP) is 2.82. The number of hydrogen-bond donors (Lipinski definition) is 2. The highest BCUT2D eigenvalue weighted by Crippen LogP contribution is 2.21. The summed E-state index contributed by atoms with van der Waals surface area (Å²) in [6.07, 6.45) is 4.48. The summed E-state index contributed by atoms with van der Waals surface area (Å²) in [4.78, 5) is 20.9. The van der Waals surface area contributed by atoms with Gasteiger partial charge in [0.05, 0.1) is 24.2 Å². The van der Waals surface area contributed by atoms with E-state index in [4.69, 9.17) is 0 Å². The second-order valence-corrected chi connectivity index (χ2v) is 8.64.